The number of nitrogens with one attached hydrogen (secondary N) is 4. The quantitative estimate of drug-likeness (QED) is 0.223. The first kappa shape index (κ1) is 31.2. The highest BCUT2D eigenvalue weighted by atomic mass is 16.6. The lowest BCUT2D eigenvalue weighted by Gasteiger charge is -2.27. The van der Waals surface area contributed by atoms with E-state index in [0.717, 1.165) is 22.0 Å². The number of aliphatic hydroxyl groups is 1. The largest absolute Gasteiger partial charge is 0.467 e. The lowest BCUT2D eigenvalue weighted by molar-refractivity contribution is -0.145. The van der Waals surface area contributed by atoms with E-state index in [9.17, 15) is 24.3 Å². The molecule has 0 spiro atoms. The predicted octanol–water partition coefficient (Wildman–Crippen LogP) is 2.37. The van der Waals surface area contributed by atoms with Crippen LogP contribution >= 0.6 is 0 Å². The maximum Gasteiger partial charge on any atom is 0.408 e. The van der Waals surface area contributed by atoms with Gasteiger partial charge in [-0.1, -0.05) is 48.5 Å². The van der Waals surface area contributed by atoms with Crippen LogP contribution in [0.15, 0.2) is 60.8 Å². The Labute approximate surface area is 239 Å². The number of amides is 3. The highest BCUT2D eigenvalue weighted by Crippen LogP contribution is 2.19. The van der Waals surface area contributed by atoms with Gasteiger partial charge in [0, 0.05) is 29.9 Å². The lowest BCUT2D eigenvalue weighted by Crippen LogP contribution is -2.59. The van der Waals surface area contributed by atoms with Gasteiger partial charge in [0.25, 0.3) is 0 Å². The van der Waals surface area contributed by atoms with Gasteiger partial charge in [0.15, 0.2) is 0 Å². The van der Waals surface area contributed by atoms with Crippen molar-refractivity contribution in [3.05, 3.63) is 71.9 Å². The Bertz CT molecular complexity index is 1350. The van der Waals surface area contributed by atoms with Gasteiger partial charge in [-0.15, -0.1) is 0 Å². The number of esters is 1. The molecular weight excluding hydrogens is 528 g/mol. The number of aromatic amines is 1. The first-order chi connectivity index (χ1) is 19.4. The molecule has 4 atom stereocenters. The van der Waals surface area contributed by atoms with Crippen molar-refractivity contribution in [1.82, 2.24) is 20.9 Å². The van der Waals surface area contributed by atoms with Crippen LogP contribution in [0.4, 0.5) is 4.79 Å². The van der Waals surface area contributed by atoms with Crippen LogP contribution in [-0.4, -0.2) is 70.9 Å². The summed E-state index contributed by atoms with van der Waals surface area (Å²) in [4.78, 5) is 55.0. The first-order valence-corrected chi connectivity index (χ1v) is 13.3. The zero-order chi connectivity index (χ0) is 30.2. The molecular formula is C30H38N4O7. The summed E-state index contributed by atoms with van der Waals surface area (Å²) in [6.45, 7) is 6.33. The van der Waals surface area contributed by atoms with Crippen LogP contribution in [0.2, 0.25) is 0 Å². The minimum absolute atomic E-state index is 0.0817. The Morgan fingerprint density at radius 2 is 1.51 bits per heavy atom. The van der Waals surface area contributed by atoms with Gasteiger partial charge in [0.2, 0.25) is 11.8 Å². The molecule has 1 aromatic heterocycles. The number of aliphatic hydroxyl groups excluding tert-OH is 1. The van der Waals surface area contributed by atoms with E-state index in [1.807, 2.05) is 30.3 Å². The van der Waals surface area contributed by atoms with E-state index in [2.05, 4.69) is 20.9 Å². The van der Waals surface area contributed by atoms with E-state index in [-0.39, 0.29) is 12.8 Å². The highest BCUT2D eigenvalue weighted by molar-refractivity contribution is 5.94. The molecule has 0 fully saturated rings. The fourth-order valence-corrected chi connectivity index (χ4v) is 4.29. The Morgan fingerprint density at radius 1 is 0.878 bits per heavy atom. The second-order valence-electron chi connectivity index (χ2n) is 10.8. The number of benzene rings is 2. The SMILES string of the molecule is COC(=O)[C@H](Cc1c[nH]c2ccccc12)NC(=O)[C@H](Cc1ccccc1)NC(=O)[C@@H](NC(=O)OC(C)(C)C)[C@@H](C)O. The van der Waals surface area contributed by atoms with Crippen LogP contribution in [0, 0.1) is 0 Å². The molecule has 0 saturated carbocycles. The Balaban J connectivity index is 1.82. The van der Waals surface area contributed by atoms with Gasteiger partial charge >= 0.3 is 12.1 Å². The van der Waals surface area contributed by atoms with Crippen LogP contribution in [0.25, 0.3) is 10.9 Å². The molecule has 3 rings (SSSR count). The number of hydrogen-bond acceptors (Lipinski definition) is 7. The molecule has 2 aromatic carbocycles. The Morgan fingerprint density at radius 3 is 2.15 bits per heavy atom. The normalized spacial score (nSPS) is 14.3. The predicted molar refractivity (Wildman–Crippen MR) is 153 cm³/mol. The van der Waals surface area contributed by atoms with E-state index < -0.39 is 53.7 Å². The molecule has 5 N–H and O–H groups in total. The van der Waals surface area contributed by atoms with Gasteiger partial charge in [-0.25, -0.2) is 9.59 Å². The average molecular weight is 567 g/mol. The summed E-state index contributed by atoms with van der Waals surface area (Å²) in [5, 5.41) is 18.9. The van der Waals surface area contributed by atoms with Crippen molar-refractivity contribution in [2.45, 2.75) is 70.4 Å². The molecule has 3 amide bonds. The molecule has 1 heterocycles. The number of para-hydroxylation sites is 1. The van der Waals surface area contributed by atoms with E-state index in [1.54, 1.807) is 51.2 Å². The smallest absolute Gasteiger partial charge is 0.408 e. The number of carbonyl (C=O) groups is 4. The van der Waals surface area contributed by atoms with Gasteiger partial charge in [-0.2, -0.15) is 0 Å². The van der Waals surface area contributed by atoms with Crippen molar-refractivity contribution >= 4 is 34.8 Å². The van der Waals surface area contributed by atoms with Crippen LogP contribution in [0.1, 0.15) is 38.8 Å². The number of hydrogen-bond donors (Lipinski definition) is 5. The van der Waals surface area contributed by atoms with E-state index >= 15 is 0 Å². The number of alkyl carbamates (subject to hydrolysis) is 1. The molecule has 41 heavy (non-hydrogen) atoms. The molecule has 220 valence electrons. The third kappa shape index (κ3) is 9.07. The Kier molecular flexibility index (Phi) is 10.5. The van der Waals surface area contributed by atoms with Gasteiger partial charge in [-0.05, 0) is 44.9 Å². The van der Waals surface area contributed by atoms with E-state index in [0.29, 0.717) is 0 Å². The maximum atomic E-state index is 13.6. The molecule has 0 aliphatic carbocycles. The van der Waals surface area contributed by atoms with Crippen LogP contribution in [0.5, 0.6) is 0 Å². The molecule has 11 nitrogen and oxygen atoms in total. The fourth-order valence-electron chi connectivity index (χ4n) is 4.29. The van der Waals surface area contributed by atoms with Crippen molar-refractivity contribution in [2.75, 3.05) is 7.11 Å². The number of fused-ring (bicyclic) bond motifs is 1. The summed E-state index contributed by atoms with van der Waals surface area (Å²) in [6, 6.07) is 13.0. The second-order valence-corrected chi connectivity index (χ2v) is 10.8. The molecule has 0 aliphatic heterocycles. The summed E-state index contributed by atoms with van der Waals surface area (Å²) in [7, 11) is 1.23. The molecule has 0 aliphatic rings. The number of aromatic nitrogens is 1. The standard InChI is InChI=1S/C30H38N4O7/c1-18(35)25(34-29(39)41-30(2,3)4)27(37)32-23(15-19-11-7-6-8-12-19)26(36)33-24(28(38)40-5)16-20-17-31-22-14-10-9-13-21(20)22/h6-14,17-18,23-25,31,35H,15-16H2,1-5H3,(H,32,37)(H,33,36)(H,34,39)/t18-,23+,24+,25+/m1/s1. The van der Waals surface area contributed by atoms with Gasteiger partial charge in [0.1, 0.15) is 23.7 Å². The van der Waals surface area contributed by atoms with Crippen molar-refractivity contribution in [3.63, 3.8) is 0 Å². The third-order valence-electron chi connectivity index (χ3n) is 6.25. The average Bonchev–Trinajstić information content (AvgIpc) is 3.32. The Hall–Kier alpha value is -4.38. The minimum Gasteiger partial charge on any atom is -0.467 e. The monoisotopic (exact) mass is 566 g/mol. The molecule has 0 radical (unpaired) electrons. The van der Waals surface area contributed by atoms with E-state index in [1.165, 1.54) is 14.0 Å². The second kappa shape index (κ2) is 13.8. The number of carbonyl (C=O) groups excluding carboxylic acids is 4. The van der Waals surface area contributed by atoms with Gasteiger partial charge in [-0.3, -0.25) is 9.59 Å². The summed E-state index contributed by atoms with van der Waals surface area (Å²) < 4.78 is 10.2. The van der Waals surface area contributed by atoms with Crippen molar-refractivity contribution in [3.8, 4) is 0 Å². The summed E-state index contributed by atoms with van der Waals surface area (Å²) in [6.07, 6.45) is -0.200. The number of methoxy groups -OCH3 is 1. The van der Waals surface area contributed by atoms with Crippen molar-refractivity contribution < 1.29 is 33.8 Å². The third-order valence-corrected chi connectivity index (χ3v) is 6.25. The summed E-state index contributed by atoms with van der Waals surface area (Å²) in [5.41, 5.74) is 1.60. The topological polar surface area (TPSA) is 159 Å². The van der Waals surface area contributed by atoms with Gasteiger partial charge in [0.05, 0.1) is 13.2 Å². The van der Waals surface area contributed by atoms with E-state index in [4.69, 9.17) is 9.47 Å². The van der Waals surface area contributed by atoms with Crippen LogP contribution < -0.4 is 16.0 Å². The first-order valence-electron chi connectivity index (χ1n) is 13.3. The molecule has 0 unspecified atom stereocenters. The van der Waals surface area contributed by atoms with Crippen LogP contribution in [-0.2, 0) is 36.7 Å². The number of H-pyrrole nitrogens is 1. The lowest BCUT2D eigenvalue weighted by atomic mass is 10.0. The van der Waals surface area contributed by atoms with Crippen molar-refractivity contribution in [1.29, 1.82) is 0 Å². The highest BCUT2D eigenvalue weighted by Gasteiger charge is 2.33. The number of ether oxygens (including phenoxy) is 2. The minimum atomic E-state index is -1.40. The zero-order valence-corrected chi connectivity index (χ0v) is 23.9. The molecule has 11 heteroatoms. The molecule has 0 saturated heterocycles. The summed E-state index contributed by atoms with van der Waals surface area (Å²) in [5.74, 6) is -2.09. The van der Waals surface area contributed by atoms with Crippen LogP contribution in [0.3, 0.4) is 0 Å². The van der Waals surface area contributed by atoms with Gasteiger partial charge < -0.3 is 35.5 Å². The zero-order valence-electron chi connectivity index (χ0n) is 23.9. The maximum absolute atomic E-state index is 13.6. The number of rotatable bonds is 11. The molecule has 0 bridgehead atoms. The molecule has 3 aromatic rings. The van der Waals surface area contributed by atoms with Crippen molar-refractivity contribution in [2.24, 2.45) is 0 Å². The summed E-state index contributed by atoms with van der Waals surface area (Å²) >= 11 is 0. The fraction of sp³-hybridized carbons (Fsp3) is 0.400.